The van der Waals surface area contributed by atoms with Gasteiger partial charge in [0.1, 0.15) is 0 Å². The standard InChI is InChI=1S/C20H26N2/c1-3-10-22-20-7-5-17-13-15(2)4-6-18(17)19(20)14-16-8-11-21-12-9-16/h4,6,8-9,11-13,19-20,22H,3,5,7,10,14H2,1-2H3. The summed E-state index contributed by atoms with van der Waals surface area (Å²) in [6, 6.07) is 11.9. The monoisotopic (exact) mass is 294 g/mol. The number of nitrogens with one attached hydrogen (secondary N) is 1. The molecule has 1 aliphatic rings. The largest absolute Gasteiger partial charge is 0.313 e. The third kappa shape index (κ3) is 3.38. The molecule has 1 aliphatic carbocycles. The van der Waals surface area contributed by atoms with Crippen LogP contribution in [0.1, 0.15) is 47.9 Å². The quantitative estimate of drug-likeness (QED) is 0.900. The first-order valence-electron chi connectivity index (χ1n) is 8.49. The van der Waals surface area contributed by atoms with E-state index >= 15 is 0 Å². The highest BCUT2D eigenvalue weighted by atomic mass is 14.9. The summed E-state index contributed by atoms with van der Waals surface area (Å²) in [5.41, 5.74) is 5.86. The van der Waals surface area contributed by atoms with Crippen LogP contribution in [-0.4, -0.2) is 17.6 Å². The van der Waals surface area contributed by atoms with Crippen LogP contribution in [-0.2, 0) is 12.8 Å². The molecule has 2 nitrogen and oxygen atoms in total. The molecule has 1 N–H and O–H groups in total. The predicted molar refractivity (Wildman–Crippen MR) is 92.3 cm³/mol. The Labute approximate surface area is 134 Å². The SMILES string of the molecule is CCCNC1CCc2cc(C)ccc2C1Cc1ccncc1. The van der Waals surface area contributed by atoms with E-state index in [2.05, 4.69) is 54.5 Å². The Morgan fingerprint density at radius 3 is 2.77 bits per heavy atom. The highest BCUT2D eigenvalue weighted by Crippen LogP contribution is 2.35. The van der Waals surface area contributed by atoms with Gasteiger partial charge in [-0.05, 0) is 68.0 Å². The molecule has 2 aromatic rings. The van der Waals surface area contributed by atoms with Crippen LogP contribution >= 0.6 is 0 Å². The molecule has 0 spiro atoms. The molecule has 0 aliphatic heterocycles. The summed E-state index contributed by atoms with van der Waals surface area (Å²) in [6.45, 7) is 5.54. The van der Waals surface area contributed by atoms with Gasteiger partial charge in [-0.3, -0.25) is 4.98 Å². The molecule has 0 saturated carbocycles. The lowest BCUT2D eigenvalue weighted by atomic mass is 9.76. The second kappa shape index (κ2) is 7.06. The Bertz CT molecular complexity index is 606. The van der Waals surface area contributed by atoms with Crippen molar-refractivity contribution in [2.24, 2.45) is 0 Å². The van der Waals surface area contributed by atoms with Gasteiger partial charge in [-0.15, -0.1) is 0 Å². The smallest absolute Gasteiger partial charge is 0.0270 e. The summed E-state index contributed by atoms with van der Waals surface area (Å²) in [5, 5.41) is 3.78. The molecule has 3 rings (SSSR count). The lowest BCUT2D eigenvalue weighted by Gasteiger charge is -2.35. The van der Waals surface area contributed by atoms with Crippen LogP contribution < -0.4 is 5.32 Å². The van der Waals surface area contributed by atoms with Crippen molar-refractivity contribution in [2.75, 3.05) is 6.54 Å². The van der Waals surface area contributed by atoms with Gasteiger partial charge in [-0.25, -0.2) is 0 Å². The Balaban J connectivity index is 1.89. The Morgan fingerprint density at radius 1 is 1.18 bits per heavy atom. The zero-order chi connectivity index (χ0) is 15.4. The minimum atomic E-state index is 0.568. The van der Waals surface area contributed by atoms with Crippen molar-refractivity contribution >= 4 is 0 Å². The summed E-state index contributed by atoms with van der Waals surface area (Å²) in [6.07, 6.45) is 8.54. The number of nitrogens with zero attached hydrogens (tertiary/aromatic N) is 1. The number of pyridine rings is 1. The van der Waals surface area contributed by atoms with Gasteiger partial charge in [0, 0.05) is 24.4 Å². The molecule has 0 amide bonds. The molecule has 2 unspecified atom stereocenters. The van der Waals surface area contributed by atoms with E-state index in [1.807, 2.05) is 12.4 Å². The third-order valence-corrected chi connectivity index (χ3v) is 4.77. The number of aromatic nitrogens is 1. The zero-order valence-corrected chi connectivity index (χ0v) is 13.7. The summed E-state index contributed by atoms with van der Waals surface area (Å²) in [4.78, 5) is 4.15. The molecule has 116 valence electrons. The lowest BCUT2D eigenvalue weighted by Crippen LogP contribution is -2.39. The first-order valence-corrected chi connectivity index (χ1v) is 8.49. The van der Waals surface area contributed by atoms with Crippen LogP contribution in [0.2, 0.25) is 0 Å². The number of rotatable bonds is 5. The lowest BCUT2D eigenvalue weighted by molar-refractivity contribution is 0.385. The summed E-state index contributed by atoms with van der Waals surface area (Å²) in [5.74, 6) is 0.568. The molecule has 0 bridgehead atoms. The molecule has 0 fully saturated rings. The topological polar surface area (TPSA) is 24.9 Å². The maximum atomic E-state index is 4.15. The molecule has 2 atom stereocenters. The van der Waals surface area contributed by atoms with Crippen molar-refractivity contribution in [3.8, 4) is 0 Å². The van der Waals surface area contributed by atoms with Crippen molar-refractivity contribution in [3.05, 3.63) is 65.0 Å². The Hall–Kier alpha value is -1.67. The minimum Gasteiger partial charge on any atom is -0.313 e. The molecule has 0 saturated heterocycles. The summed E-state index contributed by atoms with van der Waals surface area (Å²) < 4.78 is 0. The highest BCUT2D eigenvalue weighted by molar-refractivity contribution is 5.38. The first kappa shape index (κ1) is 15.2. The van der Waals surface area contributed by atoms with Crippen molar-refractivity contribution in [2.45, 2.75) is 51.5 Å². The molecule has 0 radical (unpaired) electrons. The second-order valence-electron chi connectivity index (χ2n) is 6.47. The molecular weight excluding hydrogens is 268 g/mol. The molecule has 1 heterocycles. The predicted octanol–water partition coefficient (Wildman–Crippen LogP) is 4.03. The van der Waals surface area contributed by atoms with Crippen molar-refractivity contribution in [3.63, 3.8) is 0 Å². The second-order valence-corrected chi connectivity index (χ2v) is 6.47. The first-order chi connectivity index (χ1) is 10.8. The van der Waals surface area contributed by atoms with E-state index in [1.54, 1.807) is 11.1 Å². The van der Waals surface area contributed by atoms with Gasteiger partial charge in [-0.2, -0.15) is 0 Å². The number of fused-ring (bicyclic) bond motifs is 1. The van der Waals surface area contributed by atoms with Gasteiger partial charge in [0.25, 0.3) is 0 Å². The van der Waals surface area contributed by atoms with E-state index in [0.717, 1.165) is 13.0 Å². The number of benzene rings is 1. The average Bonchev–Trinajstić information content (AvgIpc) is 2.55. The molecule has 22 heavy (non-hydrogen) atoms. The van der Waals surface area contributed by atoms with Crippen LogP contribution in [0.5, 0.6) is 0 Å². The Kier molecular flexibility index (Phi) is 4.89. The van der Waals surface area contributed by atoms with E-state index in [9.17, 15) is 0 Å². The van der Waals surface area contributed by atoms with Gasteiger partial charge < -0.3 is 5.32 Å². The maximum Gasteiger partial charge on any atom is 0.0270 e. The highest BCUT2D eigenvalue weighted by Gasteiger charge is 2.29. The van der Waals surface area contributed by atoms with Crippen molar-refractivity contribution in [1.82, 2.24) is 10.3 Å². The fourth-order valence-electron chi connectivity index (χ4n) is 3.64. The van der Waals surface area contributed by atoms with Crippen LogP contribution in [0.4, 0.5) is 0 Å². The van der Waals surface area contributed by atoms with Crippen LogP contribution in [0.25, 0.3) is 0 Å². The van der Waals surface area contributed by atoms with Gasteiger partial charge in [0.2, 0.25) is 0 Å². The average molecular weight is 294 g/mol. The van der Waals surface area contributed by atoms with Gasteiger partial charge in [0.15, 0.2) is 0 Å². The van der Waals surface area contributed by atoms with E-state index in [4.69, 9.17) is 0 Å². The fraction of sp³-hybridized carbons (Fsp3) is 0.450. The molecule has 2 heteroatoms. The Morgan fingerprint density at radius 2 is 2.00 bits per heavy atom. The van der Waals surface area contributed by atoms with Crippen molar-refractivity contribution in [1.29, 1.82) is 0 Å². The van der Waals surface area contributed by atoms with Gasteiger partial charge in [-0.1, -0.05) is 30.7 Å². The van der Waals surface area contributed by atoms with E-state index in [1.165, 1.54) is 30.4 Å². The van der Waals surface area contributed by atoms with Gasteiger partial charge in [0.05, 0.1) is 0 Å². The van der Waals surface area contributed by atoms with Crippen LogP contribution in [0, 0.1) is 6.92 Å². The van der Waals surface area contributed by atoms with E-state index in [0.29, 0.717) is 12.0 Å². The van der Waals surface area contributed by atoms with Gasteiger partial charge >= 0.3 is 0 Å². The summed E-state index contributed by atoms with van der Waals surface area (Å²) in [7, 11) is 0. The number of aryl methyl sites for hydroxylation is 2. The number of hydrogen-bond donors (Lipinski definition) is 1. The normalized spacial score (nSPS) is 20.6. The van der Waals surface area contributed by atoms with Crippen molar-refractivity contribution < 1.29 is 0 Å². The fourth-order valence-corrected chi connectivity index (χ4v) is 3.64. The zero-order valence-electron chi connectivity index (χ0n) is 13.7. The molecule has 1 aromatic carbocycles. The maximum absolute atomic E-state index is 4.15. The number of hydrogen-bond acceptors (Lipinski definition) is 2. The van der Waals surface area contributed by atoms with Crippen LogP contribution in [0.15, 0.2) is 42.7 Å². The van der Waals surface area contributed by atoms with Crippen LogP contribution in [0.3, 0.4) is 0 Å². The van der Waals surface area contributed by atoms with E-state index < -0.39 is 0 Å². The minimum absolute atomic E-state index is 0.568. The molecular formula is C20H26N2. The third-order valence-electron chi connectivity index (χ3n) is 4.77. The van der Waals surface area contributed by atoms with E-state index in [-0.39, 0.29) is 0 Å². The molecule has 1 aromatic heterocycles. The summed E-state index contributed by atoms with van der Waals surface area (Å²) >= 11 is 0.